The Bertz CT molecular complexity index is 839. The van der Waals surface area contributed by atoms with Crippen molar-refractivity contribution in [3.8, 4) is 0 Å². The van der Waals surface area contributed by atoms with Crippen LogP contribution in [0.25, 0.3) is 5.57 Å². The van der Waals surface area contributed by atoms with Gasteiger partial charge in [0.2, 0.25) is 5.69 Å². The molecule has 1 heterocycles. The minimum Gasteiger partial charge on any atom is -0.288 e. The molecule has 0 radical (unpaired) electrons. The van der Waals surface area contributed by atoms with Gasteiger partial charge in [0, 0.05) is 35.9 Å². The summed E-state index contributed by atoms with van der Waals surface area (Å²) in [7, 11) is 1.84. The fourth-order valence-electron chi connectivity index (χ4n) is 3.01. The van der Waals surface area contributed by atoms with Gasteiger partial charge in [0.25, 0.3) is 0 Å². The summed E-state index contributed by atoms with van der Waals surface area (Å²) in [5.74, 6) is 0. The standard InChI is InChI=1S/C23H27N2/c1-6-12-22(24-5)21-14-9-8-13-19(21)17-25-16-11-10-15-23(25)20(7-2)18(3)4/h6-16H,3,17H2,1-2,4-5H3/q+1. The third-order valence-corrected chi connectivity index (χ3v) is 4.16. The molecule has 1 aromatic carbocycles. The van der Waals surface area contributed by atoms with Crippen LogP contribution in [0.2, 0.25) is 0 Å². The van der Waals surface area contributed by atoms with Gasteiger partial charge in [-0.25, -0.2) is 0 Å². The molecule has 0 amide bonds. The minimum absolute atomic E-state index is 0.785. The fraction of sp³-hybridized carbons (Fsp3) is 0.217. The average Bonchev–Trinajstić information content (AvgIpc) is 2.62. The lowest BCUT2D eigenvalue weighted by Gasteiger charge is -2.10. The first kappa shape index (κ1) is 18.6. The van der Waals surface area contributed by atoms with Gasteiger partial charge >= 0.3 is 0 Å². The predicted molar refractivity (Wildman–Crippen MR) is 108 cm³/mol. The lowest BCUT2D eigenvalue weighted by Crippen LogP contribution is -2.38. The fourth-order valence-corrected chi connectivity index (χ4v) is 3.01. The van der Waals surface area contributed by atoms with E-state index >= 15 is 0 Å². The van der Waals surface area contributed by atoms with Crippen LogP contribution in [0.1, 0.15) is 37.6 Å². The van der Waals surface area contributed by atoms with Crippen molar-refractivity contribution >= 4 is 11.3 Å². The molecule has 0 fully saturated rings. The third kappa shape index (κ3) is 4.42. The highest BCUT2D eigenvalue weighted by Crippen LogP contribution is 2.19. The van der Waals surface area contributed by atoms with Gasteiger partial charge in [0.1, 0.15) is 0 Å². The minimum atomic E-state index is 0.785. The summed E-state index contributed by atoms with van der Waals surface area (Å²) < 4.78 is 2.27. The summed E-state index contributed by atoms with van der Waals surface area (Å²) in [6.45, 7) is 11.0. The van der Waals surface area contributed by atoms with Gasteiger partial charge < -0.3 is 0 Å². The number of hydrogen-bond acceptors (Lipinski definition) is 1. The normalized spacial score (nSPS) is 12.6. The van der Waals surface area contributed by atoms with E-state index in [1.807, 2.05) is 20.0 Å². The summed E-state index contributed by atoms with van der Waals surface area (Å²) in [5.41, 5.74) is 6.84. The second kappa shape index (κ2) is 8.93. The van der Waals surface area contributed by atoms with Crippen LogP contribution < -0.4 is 4.57 Å². The highest BCUT2D eigenvalue weighted by Gasteiger charge is 2.17. The molecule has 0 spiro atoms. The Morgan fingerprint density at radius 1 is 1.12 bits per heavy atom. The van der Waals surface area contributed by atoms with Gasteiger partial charge in [-0.3, -0.25) is 4.99 Å². The first-order valence-corrected chi connectivity index (χ1v) is 8.61. The van der Waals surface area contributed by atoms with E-state index in [2.05, 4.69) is 90.8 Å². The molecule has 2 heteroatoms. The highest BCUT2D eigenvalue weighted by molar-refractivity contribution is 6.09. The maximum Gasteiger partial charge on any atom is 0.212 e. The maximum atomic E-state index is 4.45. The summed E-state index contributed by atoms with van der Waals surface area (Å²) in [6.07, 6.45) is 8.33. The summed E-state index contributed by atoms with van der Waals surface area (Å²) >= 11 is 0. The molecule has 0 N–H and O–H groups in total. The van der Waals surface area contributed by atoms with Crippen LogP contribution in [0.5, 0.6) is 0 Å². The van der Waals surface area contributed by atoms with Crippen molar-refractivity contribution in [2.45, 2.75) is 27.3 Å². The van der Waals surface area contributed by atoms with Crippen LogP contribution in [-0.2, 0) is 6.54 Å². The van der Waals surface area contributed by atoms with Crippen molar-refractivity contribution in [3.63, 3.8) is 0 Å². The van der Waals surface area contributed by atoms with Crippen molar-refractivity contribution in [2.24, 2.45) is 4.99 Å². The average molecular weight is 331 g/mol. The number of benzene rings is 1. The van der Waals surface area contributed by atoms with Crippen molar-refractivity contribution in [1.29, 1.82) is 0 Å². The molecule has 0 atom stereocenters. The second-order valence-corrected chi connectivity index (χ2v) is 5.96. The molecule has 0 unspecified atom stereocenters. The van der Waals surface area contributed by atoms with Crippen LogP contribution in [0.3, 0.4) is 0 Å². The number of hydrogen-bond donors (Lipinski definition) is 0. The quantitative estimate of drug-likeness (QED) is 0.402. The molecule has 2 rings (SSSR count). The van der Waals surface area contributed by atoms with E-state index < -0.39 is 0 Å². The molecule has 128 valence electrons. The van der Waals surface area contributed by atoms with E-state index in [0.717, 1.165) is 17.8 Å². The maximum absolute atomic E-state index is 4.45. The van der Waals surface area contributed by atoms with Crippen LogP contribution in [-0.4, -0.2) is 12.8 Å². The zero-order valence-corrected chi connectivity index (χ0v) is 15.7. The molecule has 2 nitrogen and oxygen atoms in total. The molecule has 0 aliphatic heterocycles. The lowest BCUT2D eigenvalue weighted by molar-refractivity contribution is -0.690. The van der Waals surface area contributed by atoms with E-state index in [1.165, 1.54) is 22.4 Å². The molecule has 25 heavy (non-hydrogen) atoms. The summed E-state index contributed by atoms with van der Waals surface area (Å²) in [6, 6.07) is 14.7. The Labute approximate surface area is 151 Å². The molecule has 0 bridgehead atoms. The zero-order chi connectivity index (χ0) is 18.2. The van der Waals surface area contributed by atoms with Gasteiger partial charge in [-0.1, -0.05) is 43.0 Å². The van der Waals surface area contributed by atoms with Crippen LogP contribution in [0, 0.1) is 0 Å². The number of aliphatic imine (C=N–C) groups is 1. The van der Waals surface area contributed by atoms with Crippen molar-refractivity contribution in [2.75, 3.05) is 7.05 Å². The molecule has 2 aromatic rings. The van der Waals surface area contributed by atoms with Crippen LogP contribution in [0.15, 0.2) is 84.0 Å². The molecule has 1 aromatic heterocycles. The Kier molecular flexibility index (Phi) is 6.64. The van der Waals surface area contributed by atoms with E-state index in [0.29, 0.717) is 0 Å². The van der Waals surface area contributed by atoms with Crippen molar-refractivity contribution < 1.29 is 4.57 Å². The zero-order valence-electron chi connectivity index (χ0n) is 15.7. The molecule has 0 saturated carbocycles. The second-order valence-electron chi connectivity index (χ2n) is 5.96. The number of pyridine rings is 1. The van der Waals surface area contributed by atoms with Crippen LogP contribution >= 0.6 is 0 Å². The number of allylic oxidation sites excluding steroid dienone is 5. The highest BCUT2D eigenvalue weighted by atomic mass is 15.0. The van der Waals surface area contributed by atoms with Crippen molar-refractivity contribution in [3.05, 3.63) is 95.9 Å². The van der Waals surface area contributed by atoms with E-state index in [9.17, 15) is 0 Å². The molecular weight excluding hydrogens is 304 g/mol. The SMILES string of the molecule is C=C(C)C(=CC)c1cccc[n+]1Cc1ccccc1C(C=CC)=NC. The molecule has 0 saturated heterocycles. The number of rotatable bonds is 6. The first-order valence-electron chi connectivity index (χ1n) is 8.61. The Morgan fingerprint density at radius 3 is 2.48 bits per heavy atom. The smallest absolute Gasteiger partial charge is 0.212 e. The van der Waals surface area contributed by atoms with Gasteiger partial charge in [-0.15, -0.1) is 0 Å². The molecular formula is C23H27N2+. The summed E-state index contributed by atoms with van der Waals surface area (Å²) in [4.78, 5) is 4.45. The monoisotopic (exact) mass is 331 g/mol. The summed E-state index contributed by atoms with van der Waals surface area (Å²) in [5, 5.41) is 0. The Morgan fingerprint density at radius 2 is 1.84 bits per heavy atom. The van der Waals surface area contributed by atoms with E-state index in [1.54, 1.807) is 0 Å². The Balaban J connectivity index is 2.51. The largest absolute Gasteiger partial charge is 0.288 e. The van der Waals surface area contributed by atoms with Gasteiger partial charge in [-0.05, 0) is 38.5 Å². The van der Waals surface area contributed by atoms with Gasteiger partial charge in [-0.2, -0.15) is 4.57 Å². The lowest BCUT2D eigenvalue weighted by atomic mass is 10.0. The topological polar surface area (TPSA) is 16.2 Å². The first-order chi connectivity index (χ1) is 12.1. The van der Waals surface area contributed by atoms with E-state index in [-0.39, 0.29) is 0 Å². The third-order valence-electron chi connectivity index (χ3n) is 4.16. The van der Waals surface area contributed by atoms with E-state index in [4.69, 9.17) is 0 Å². The number of nitrogens with zero attached hydrogens (tertiary/aromatic N) is 2. The van der Waals surface area contributed by atoms with Crippen LogP contribution in [0.4, 0.5) is 0 Å². The van der Waals surface area contributed by atoms with Gasteiger partial charge in [0.15, 0.2) is 12.7 Å². The Hall–Kier alpha value is -2.74. The van der Waals surface area contributed by atoms with Gasteiger partial charge in [0.05, 0.1) is 5.71 Å². The molecule has 0 aliphatic carbocycles. The predicted octanol–water partition coefficient (Wildman–Crippen LogP) is 5.00. The number of aromatic nitrogens is 1. The molecule has 0 aliphatic rings. The van der Waals surface area contributed by atoms with Crippen molar-refractivity contribution in [1.82, 2.24) is 0 Å².